The van der Waals surface area contributed by atoms with Gasteiger partial charge in [0.1, 0.15) is 22.7 Å². The highest BCUT2D eigenvalue weighted by molar-refractivity contribution is 6.31. The molecule has 1 unspecified atom stereocenters. The number of carbonyl (C=O) groups excluding carboxylic acids is 1. The van der Waals surface area contributed by atoms with Gasteiger partial charge in [-0.3, -0.25) is 4.90 Å². The summed E-state index contributed by atoms with van der Waals surface area (Å²) in [7, 11) is 1.86. The summed E-state index contributed by atoms with van der Waals surface area (Å²) in [5.41, 5.74) is 3.08. The quantitative estimate of drug-likeness (QED) is 0.658. The molecule has 128 valence electrons. The van der Waals surface area contributed by atoms with Gasteiger partial charge >= 0.3 is 5.97 Å². The highest BCUT2D eigenvalue weighted by Gasteiger charge is 2.44. The van der Waals surface area contributed by atoms with E-state index in [1.807, 2.05) is 41.1 Å². The number of aliphatic hydroxyl groups is 1. The van der Waals surface area contributed by atoms with Gasteiger partial charge in [0, 0.05) is 18.8 Å². The summed E-state index contributed by atoms with van der Waals surface area (Å²) in [6.45, 7) is 1.94. The molecule has 6 nitrogen and oxygen atoms in total. The van der Waals surface area contributed by atoms with Crippen molar-refractivity contribution >= 4 is 34.6 Å². The van der Waals surface area contributed by atoms with Gasteiger partial charge in [-0.2, -0.15) is 0 Å². The first kappa shape index (κ1) is 15.9. The largest absolute Gasteiger partial charge is 0.462 e. The van der Waals surface area contributed by atoms with Crippen LogP contribution in [0, 0.1) is 0 Å². The predicted molar refractivity (Wildman–Crippen MR) is 94.8 cm³/mol. The number of rotatable bonds is 2. The minimum Gasteiger partial charge on any atom is -0.462 e. The van der Waals surface area contributed by atoms with Crippen molar-refractivity contribution in [1.82, 2.24) is 4.98 Å². The molecule has 25 heavy (non-hydrogen) atoms. The topological polar surface area (TPSA) is 65.9 Å². The van der Waals surface area contributed by atoms with Gasteiger partial charge in [-0.05, 0) is 25.1 Å². The van der Waals surface area contributed by atoms with E-state index in [0.29, 0.717) is 17.1 Å². The number of pyridine rings is 1. The summed E-state index contributed by atoms with van der Waals surface area (Å²) in [6, 6.07) is 9.54. The van der Waals surface area contributed by atoms with Gasteiger partial charge in [0.15, 0.2) is 0 Å². The summed E-state index contributed by atoms with van der Waals surface area (Å²) in [5, 5.41) is 11.1. The van der Waals surface area contributed by atoms with Crippen LogP contribution in [-0.2, 0) is 9.53 Å². The third kappa shape index (κ3) is 2.14. The summed E-state index contributed by atoms with van der Waals surface area (Å²) in [4.78, 5) is 20.5. The number of esters is 1. The number of benzene rings is 1. The number of hydrogen-bond donors (Lipinski definition) is 1. The fourth-order valence-electron chi connectivity index (χ4n) is 3.42. The lowest BCUT2D eigenvalue weighted by Crippen LogP contribution is -2.34. The Balaban J connectivity index is 2.04. The van der Waals surface area contributed by atoms with Crippen molar-refractivity contribution in [1.29, 1.82) is 0 Å². The lowest BCUT2D eigenvalue weighted by Gasteiger charge is -2.34. The molecule has 0 radical (unpaired) electrons. The maximum Gasteiger partial charge on any atom is 0.340 e. The Morgan fingerprint density at radius 3 is 2.72 bits per heavy atom. The molecule has 3 heterocycles. The van der Waals surface area contributed by atoms with E-state index in [2.05, 4.69) is 4.98 Å². The van der Waals surface area contributed by atoms with Gasteiger partial charge in [0.25, 0.3) is 0 Å². The molecule has 0 amide bonds. The number of halogens is 1. The second-order valence-electron chi connectivity index (χ2n) is 5.78. The molecule has 1 aromatic heterocycles. The lowest BCUT2D eigenvalue weighted by atomic mass is 9.96. The molecular formula is C18H16ClN3O3. The molecule has 1 aromatic carbocycles. The summed E-state index contributed by atoms with van der Waals surface area (Å²) >= 11 is 6.25. The third-order valence-corrected chi connectivity index (χ3v) is 4.76. The van der Waals surface area contributed by atoms with Crippen LogP contribution in [0.4, 0.5) is 17.1 Å². The Labute approximate surface area is 149 Å². The molecular weight excluding hydrogens is 342 g/mol. The number of fused-ring (bicyclic) bond motifs is 5. The Morgan fingerprint density at radius 1 is 1.28 bits per heavy atom. The Bertz CT molecular complexity index is 912. The predicted octanol–water partition coefficient (Wildman–Crippen LogP) is 3.14. The molecule has 0 saturated heterocycles. The van der Waals surface area contributed by atoms with Crippen molar-refractivity contribution in [3.63, 3.8) is 0 Å². The number of aliphatic hydroxyl groups excluding tert-OH is 1. The summed E-state index contributed by atoms with van der Waals surface area (Å²) in [5.74, 6) is 0.00198. The normalized spacial score (nSPS) is 18.0. The van der Waals surface area contributed by atoms with Crippen molar-refractivity contribution in [3.8, 4) is 0 Å². The monoisotopic (exact) mass is 357 g/mol. The molecule has 1 atom stereocenters. The second kappa shape index (κ2) is 5.75. The fraction of sp³-hybridized carbons (Fsp3) is 0.222. The maximum absolute atomic E-state index is 12.6. The number of para-hydroxylation sites is 2. The van der Waals surface area contributed by atoms with Crippen LogP contribution in [0.25, 0.3) is 0 Å². The molecule has 2 aliphatic rings. The minimum absolute atomic E-state index is 0.156. The van der Waals surface area contributed by atoms with E-state index >= 15 is 0 Å². The van der Waals surface area contributed by atoms with Gasteiger partial charge < -0.3 is 14.7 Å². The number of hydrogen-bond acceptors (Lipinski definition) is 6. The van der Waals surface area contributed by atoms with Crippen molar-refractivity contribution in [2.75, 3.05) is 23.5 Å². The number of aromatic nitrogens is 1. The van der Waals surface area contributed by atoms with E-state index in [4.69, 9.17) is 16.3 Å². The van der Waals surface area contributed by atoms with Gasteiger partial charge in [-0.1, -0.05) is 23.7 Å². The molecule has 0 fully saturated rings. The molecule has 7 heteroatoms. The first-order chi connectivity index (χ1) is 12.1. The number of ether oxygens (including phenoxy) is 1. The second-order valence-corrected chi connectivity index (χ2v) is 6.14. The molecule has 2 aliphatic heterocycles. The highest BCUT2D eigenvalue weighted by Crippen LogP contribution is 2.53. The molecule has 0 spiro atoms. The van der Waals surface area contributed by atoms with Crippen LogP contribution in [0.5, 0.6) is 0 Å². The molecule has 1 N–H and O–H groups in total. The average Bonchev–Trinajstić information content (AvgIpc) is 2.89. The van der Waals surface area contributed by atoms with Gasteiger partial charge in [0.2, 0.25) is 0 Å². The van der Waals surface area contributed by atoms with Gasteiger partial charge in [0.05, 0.1) is 23.7 Å². The summed E-state index contributed by atoms with van der Waals surface area (Å²) < 4.78 is 5.19. The minimum atomic E-state index is -1.21. The number of nitrogens with zero attached hydrogens (tertiary/aromatic N) is 3. The first-order valence-corrected chi connectivity index (χ1v) is 8.30. The lowest BCUT2D eigenvalue weighted by molar-refractivity contribution is -0.139. The number of carbonyl (C=O) groups is 1. The van der Waals surface area contributed by atoms with E-state index in [1.54, 1.807) is 19.2 Å². The standard InChI is InChI=1S/C18H16ClN3O3/c1-3-25-18(24)14-15(23)13-12(8-9-20-16(13)19)22-11-7-5-4-6-10(11)21(2)17(14)22/h4-9,15,23H,3H2,1-2H3. The van der Waals surface area contributed by atoms with E-state index in [1.165, 1.54) is 0 Å². The summed E-state index contributed by atoms with van der Waals surface area (Å²) in [6.07, 6.45) is 0.375. The Hall–Kier alpha value is -2.57. The first-order valence-electron chi connectivity index (χ1n) is 7.92. The number of anilines is 3. The van der Waals surface area contributed by atoms with E-state index in [9.17, 15) is 9.90 Å². The van der Waals surface area contributed by atoms with Gasteiger partial charge in [-0.15, -0.1) is 0 Å². The zero-order valence-electron chi connectivity index (χ0n) is 13.7. The SMILES string of the molecule is CCOC(=O)C1=C2N(C)c3ccccc3N2c2ccnc(Cl)c2C1O. The van der Waals surface area contributed by atoms with Gasteiger partial charge in [-0.25, -0.2) is 9.78 Å². The highest BCUT2D eigenvalue weighted by atomic mass is 35.5. The van der Waals surface area contributed by atoms with Crippen LogP contribution in [0.15, 0.2) is 47.9 Å². The van der Waals surface area contributed by atoms with E-state index < -0.39 is 12.1 Å². The molecule has 2 aromatic rings. The zero-order chi connectivity index (χ0) is 17.7. The average molecular weight is 358 g/mol. The van der Waals surface area contributed by atoms with Crippen molar-refractivity contribution in [3.05, 3.63) is 58.6 Å². The molecule has 0 aliphatic carbocycles. The molecule has 4 rings (SSSR count). The van der Waals surface area contributed by atoms with E-state index in [-0.39, 0.29) is 17.3 Å². The van der Waals surface area contributed by atoms with Crippen LogP contribution < -0.4 is 9.80 Å². The van der Waals surface area contributed by atoms with E-state index in [0.717, 1.165) is 11.4 Å². The van der Waals surface area contributed by atoms with Crippen molar-refractivity contribution in [2.24, 2.45) is 0 Å². The zero-order valence-corrected chi connectivity index (χ0v) is 14.5. The third-order valence-electron chi connectivity index (χ3n) is 4.46. The smallest absolute Gasteiger partial charge is 0.340 e. The molecule has 0 bridgehead atoms. The Morgan fingerprint density at radius 2 is 2.00 bits per heavy atom. The Kier molecular flexibility index (Phi) is 3.67. The maximum atomic E-state index is 12.6. The van der Waals surface area contributed by atoms with Crippen LogP contribution >= 0.6 is 11.6 Å². The van der Waals surface area contributed by atoms with Crippen LogP contribution in [0.2, 0.25) is 5.15 Å². The van der Waals surface area contributed by atoms with Crippen LogP contribution in [0.3, 0.4) is 0 Å². The fourth-order valence-corrected chi connectivity index (χ4v) is 3.68. The molecule has 0 saturated carbocycles. The van der Waals surface area contributed by atoms with Crippen molar-refractivity contribution in [2.45, 2.75) is 13.0 Å². The van der Waals surface area contributed by atoms with Crippen LogP contribution in [0.1, 0.15) is 18.6 Å². The van der Waals surface area contributed by atoms with Crippen LogP contribution in [-0.4, -0.2) is 29.7 Å². The van der Waals surface area contributed by atoms with Crippen molar-refractivity contribution < 1.29 is 14.6 Å².